The normalized spacial score (nSPS) is 11.2. The summed E-state index contributed by atoms with van der Waals surface area (Å²) in [7, 11) is -3.99. The lowest BCUT2D eigenvalue weighted by molar-refractivity contribution is -0.384. The van der Waals surface area contributed by atoms with Crippen molar-refractivity contribution in [3.8, 4) is 0 Å². The Labute approximate surface area is 146 Å². The van der Waals surface area contributed by atoms with E-state index in [0.29, 0.717) is 6.54 Å². The molecular formula is C16H20N4O4S. The van der Waals surface area contributed by atoms with Gasteiger partial charge in [-0.15, -0.1) is 0 Å². The van der Waals surface area contributed by atoms with E-state index < -0.39 is 14.9 Å². The first kappa shape index (κ1) is 18.8. The van der Waals surface area contributed by atoms with Crippen molar-refractivity contribution >= 4 is 21.4 Å². The maximum atomic E-state index is 11.3. The van der Waals surface area contributed by atoms with Gasteiger partial charge in [0.25, 0.3) is 5.69 Å². The Morgan fingerprint density at radius 2 is 1.80 bits per heavy atom. The number of rotatable bonds is 9. The van der Waals surface area contributed by atoms with Gasteiger partial charge in [0.1, 0.15) is 5.69 Å². The lowest BCUT2D eigenvalue weighted by Crippen LogP contribution is -2.23. The number of aryl methyl sites for hydroxylation is 1. The van der Waals surface area contributed by atoms with Gasteiger partial charge >= 0.3 is 0 Å². The summed E-state index contributed by atoms with van der Waals surface area (Å²) in [5.74, 6) is 0. The standard InChI is InChI=1S/C16H20N4O4S/c17-25(23,24)14-9-10-15(16(12-14)20(21)22)19-18-11-5-4-8-13-6-2-1-3-7-13/h1-3,6-7,9-10,12,18-19H,4-5,8,11H2,(H2,17,23,24). The average Bonchev–Trinajstić information content (AvgIpc) is 2.58. The zero-order valence-electron chi connectivity index (χ0n) is 13.5. The number of nitro groups is 1. The average molecular weight is 364 g/mol. The summed E-state index contributed by atoms with van der Waals surface area (Å²) in [5.41, 5.74) is 6.74. The SMILES string of the molecule is NS(=O)(=O)c1ccc(NNCCCCc2ccccc2)c([N+](=O)[O-])c1. The number of hydrazine groups is 1. The van der Waals surface area contributed by atoms with Gasteiger partial charge in [0.15, 0.2) is 0 Å². The number of nitrogens with one attached hydrogen (secondary N) is 2. The summed E-state index contributed by atoms with van der Waals surface area (Å²) in [6, 6.07) is 13.6. The molecule has 2 aromatic carbocycles. The molecule has 2 aromatic rings. The highest BCUT2D eigenvalue weighted by Crippen LogP contribution is 2.26. The van der Waals surface area contributed by atoms with Crippen molar-refractivity contribution in [1.29, 1.82) is 0 Å². The lowest BCUT2D eigenvalue weighted by Gasteiger charge is -2.09. The zero-order chi connectivity index (χ0) is 18.3. The summed E-state index contributed by atoms with van der Waals surface area (Å²) in [4.78, 5) is 10.1. The third-order valence-electron chi connectivity index (χ3n) is 3.58. The van der Waals surface area contributed by atoms with Crippen molar-refractivity contribution in [3.63, 3.8) is 0 Å². The van der Waals surface area contributed by atoms with Gasteiger partial charge in [-0.25, -0.2) is 19.0 Å². The van der Waals surface area contributed by atoms with Crippen LogP contribution in [-0.4, -0.2) is 19.9 Å². The van der Waals surface area contributed by atoms with Crippen LogP contribution >= 0.6 is 0 Å². The Bertz CT molecular complexity index is 825. The number of unbranched alkanes of at least 4 members (excludes halogenated alkanes) is 1. The second kappa shape index (κ2) is 8.56. The molecule has 25 heavy (non-hydrogen) atoms. The predicted molar refractivity (Wildman–Crippen MR) is 95.5 cm³/mol. The van der Waals surface area contributed by atoms with E-state index in [9.17, 15) is 18.5 Å². The minimum atomic E-state index is -3.99. The first-order valence-corrected chi connectivity index (χ1v) is 9.26. The largest absolute Gasteiger partial charge is 0.316 e. The van der Waals surface area contributed by atoms with Gasteiger partial charge in [0.2, 0.25) is 10.0 Å². The molecule has 0 bridgehead atoms. The van der Waals surface area contributed by atoms with Crippen molar-refractivity contribution < 1.29 is 13.3 Å². The molecule has 0 fully saturated rings. The maximum Gasteiger partial charge on any atom is 0.295 e. The number of nitrogens with zero attached hydrogens (tertiary/aromatic N) is 1. The fraction of sp³-hybridized carbons (Fsp3) is 0.250. The molecule has 0 aliphatic heterocycles. The molecule has 0 saturated carbocycles. The third-order valence-corrected chi connectivity index (χ3v) is 4.49. The van der Waals surface area contributed by atoms with Gasteiger partial charge in [-0.05, 0) is 37.0 Å². The number of nitrogens with two attached hydrogens (primary N) is 1. The van der Waals surface area contributed by atoms with Crippen LogP contribution in [0.1, 0.15) is 18.4 Å². The summed E-state index contributed by atoms with van der Waals surface area (Å²) >= 11 is 0. The Morgan fingerprint density at radius 3 is 2.44 bits per heavy atom. The molecular weight excluding hydrogens is 344 g/mol. The maximum absolute atomic E-state index is 11.3. The predicted octanol–water partition coefficient (Wildman–Crippen LogP) is 2.18. The van der Waals surface area contributed by atoms with Crippen molar-refractivity contribution in [2.24, 2.45) is 5.14 Å². The summed E-state index contributed by atoms with van der Waals surface area (Å²) in [5, 5.41) is 16.1. The van der Waals surface area contributed by atoms with Gasteiger partial charge < -0.3 is 5.43 Å². The Morgan fingerprint density at radius 1 is 1.08 bits per heavy atom. The van der Waals surface area contributed by atoms with E-state index in [1.165, 1.54) is 17.7 Å². The van der Waals surface area contributed by atoms with Crippen LogP contribution in [0.25, 0.3) is 0 Å². The second-order valence-electron chi connectivity index (χ2n) is 5.48. The molecule has 0 radical (unpaired) electrons. The molecule has 0 spiro atoms. The zero-order valence-corrected chi connectivity index (χ0v) is 14.3. The van der Waals surface area contributed by atoms with E-state index >= 15 is 0 Å². The van der Waals surface area contributed by atoms with E-state index in [4.69, 9.17) is 5.14 Å². The molecule has 0 heterocycles. The molecule has 0 atom stereocenters. The first-order chi connectivity index (χ1) is 11.9. The van der Waals surface area contributed by atoms with E-state index in [1.54, 1.807) is 0 Å². The summed E-state index contributed by atoms with van der Waals surface area (Å²) in [6.45, 7) is 0.612. The Kier molecular flexibility index (Phi) is 6.45. The second-order valence-corrected chi connectivity index (χ2v) is 7.04. The lowest BCUT2D eigenvalue weighted by atomic mass is 10.1. The van der Waals surface area contributed by atoms with E-state index in [-0.39, 0.29) is 16.3 Å². The van der Waals surface area contributed by atoms with Crippen molar-refractivity contribution in [2.75, 3.05) is 12.0 Å². The topological polar surface area (TPSA) is 127 Å². The highest BCUT2D eigenvalue weighted by Gasteiger charge is 2.18. The fourth-order valence-corrected chi connectivity index (χ4v) is 2.82. The van der Waals surface area contributed by atoms with Crippen LogP contribution in [0.3, 0.4) is 0 Å². The fourth-order valence-electron chi connectivity index (χ4n) is 2.29. The van der Waals surface area contributed by atoms with Crippen LogP contribution in [0.5, 0.6) is 0 Å². The molecule has 0 saturated heterocycles. The molecule has 0 unspecified atom stereocenters. The number of anilines is 1. The molecule has 4 N–H and O–H groups in total. The van der Waals surface area contributed by atoms with Crippen LogP contribution in [0.15, 0.2) is 53.4 Å². The molecule has 0 aliphatic carbocycles. The molecule has 0 aromatic heterocycles. The van der Waals surface area contributed by atoms with Gasteiger partial charge in [-0.1, -0.05) is 30.3 Å². The van der Waals surface area contributed by atoms with Gasteiger partial charge in [-0.2, -0.15) is 0 Å². The van der Waals surface area contributed by atoms with Crippen LogP contribution in [0, 0.1) is 10.1 Å². The Hall–Kier alpha value is -2.49. The van der Waals surface area contributed by atoms with Gasteiger partial charge in [-0.3, -0.25) is 10.1 Å². The molecule has 2 rings (SSSR count). The Balaban J connectivity index is 1.85. The number of sulfonamides is 1. The minimum Gasteiger partial charge on any atom is -0.316 e. The number of hydrogen-bond acceptors (Lipinski definition) is 6. The highest BCUT2D eigenvalue weighted by molar-refractivity contribution is 7.89. The smallest absolute Gasteiger partial charge is 0.295 e. The van der Waals surface area contributed by atoms with E-state index in [1.807, 2.05) is 18.2 Å². The van der Waals surface area contributed by atoms with Crippen LogP contribution in [0.2, 0.25) is 0 Å². The van der Waals surface area contributed by atoms with Gasteiger partial charge in [0.05, 0.1) is 9.82 Å². The number of hydrogen-bond donors (Lipinski definition) is 3. The molecule has 0 aliphatic rings. The van der Waals surface area contributed by atoms with Crippen LogP contribution in [-0.2, 0) is 16.4 Å². The number of nitro benzene ring substituents is 1. The molecule has 9 heteroatoms. The van der Waals surface area contributed by atoms with Crippen molar-refractivity contribution in [3.05, 3.63) is 64.2 Å². The summed E-state index contributed by atoms with van der Waals surface area (Å²) < 4.78 is 22.6. The monoisotopic (exact) mass is 364 g/mol. The van der Waals surface area contributed by atoms with E-state index in [2.05, 4.69) is 23.0 Å². The van der Waals surface area contributed by atoms with Crippen molar-refractivity contribution in [1.82, 2.24) is 5.43 Å². The summed E-state index contributed by atoms with van der Waals surface area (Å²) in [6.07, 6.45) is 2.82. The van der Waals surface area contributed by atoms with Crippen LogP contribution < -0.4 is 16.0 Å². The van der Waals surface area contributed by atoms with E-state index in [0.717, 1.165) is 25.3 Å². The third kappa shape index (κ3) is 5.82. The quantitative estimate of drug-likeness (QED) is 0.355. The number of benzene rings is 2. The molecule has 8 nitrogen and oxygen atoms in total. The van der Waals surface area contributed by atoms with Crippen LogP contribution in [0.4, 0.5) is 11.4 Å². The minimum absolute atomic E-state index is 0.181. The first-order valence-electron chi connectivity index (χ1n) is 7.72. The number of primary sulfonamides is 1. The van der Waals surface area contributed by atoms with Gasteiger partial charge in [0, 0.05) is 12.6 Å². The molecule has 0 amide bonds. The highest BCUT2D eigenvalue weighted by atomic mass is 32.2. The van der Waals surface area contributed by atoms with Crippen molar-refractivity contribution in [2.45, 2.75) is 24.2 Å². The molecule has 134 valence electrons.